The highest BCUT2D eigenvalue weighted by molar-refractivity contribution is 7.91. The molecule has 1 saturated heterocycles. The average molecular weight is 381 g/mol. The van der Waals surface area contributed by atoms with Crippen LogP contribution in [-0.2, 0) is 14.6 Å². The maximum Gasteiger partial charge on any atom is 0.263 e. The lowest BCUT2D eigenvalue weighted by Gasteiger charge is -2.32. The zero-order valence-corrected chi connectivity index (χ0v) is 16.6. The Morgan fingerprint density at radius 1 is 1.19 bits per heavy atom. The van der Waals surface area contributed by atoms with Gasteiger partial charge in [-0.25, -0.2) is 8.42 Å². The summed E-state index contributed by atoms with van der Waals surface area (Å²) in [5, 5.41) is 0. The first-order chi connectivity index (χ1) is 12.1. The summed E-state index contributed by atoms with van der Waals surface area (Å²) >= 11 is 0. The third-order valence-electron chi connectivity index (χ3n) is 4.42. The van der Waals surface area contributed by atoms with E-state index >= 15 is 0 Å². The van der Waals surface area contributed by atoms with Crippen LogP contribution in [-0.4, -0.2) is 55.2 Å². The maximum atomic E-state index is 12.9. The number of nitrogens with zero attached hydrogens (tertiary/aromatic N) is 1. The second kappa shape index (κ2) is 8.20. The number of benzene rings is 1. The van der Waals surface area contributed by atoms with Gasteiger partial charge in [-0.3, -0.25) is 9.59 Å². The number of sulfone groups is 1. The SMILES string of the molecule is CC(=O)c1ccc(O[C@H](C)C(=O)N(CC(C)C)[C@@H]2CCS(=O)(=O)C2)cc1. The molecule has 0 radical (unpaired) electrons. The van der Waals surface area contributed by atoms with Crippen LogP contribution in [0.1, 0.15) is 44.5 Å². The smallest absolute Gasteiger partial charge is 0.263 e. The van der Waals surface area contributed by atoms with E-state index < -0.39 is 15.9 Å². The van der Waals surface area contributed by atoms with Gasteiger partial charge in [0.25, 0.3) is 5.91 Å². The van der Waals surface area contributed by atoms with E-state index in [4.69, 9.17) is 4.74 Å². The molecule has 1 heterocycles. The molecule has 0 aromatic heterocycles. The van der Waals surface area contributed by atoms with Gasteiger partial charge in [0.1, 0.15) is 5.75 Å². The topological polar surface area (TPSA) is 80.8 Å². The molecule has 0 saturated carbocycles. The van der Waals surface area contributed by atoms with Crippen molar-refractivity contribution in [2.24, 2.45) is 5.92 Å². The Kier molecular flexibility index (Phi) is 6.44. The van der Waals surface area contributed by atoms with Crippen LogP contribution < -0.4 is 4.74 Å². The molecule has 6 nitrogen and oxygen atoms in total. The minimum absolute atomic E-state index is 0.0193. The van der Waals surface area contributed by atoms with Crippen LogP contribution in [0.5, 0.6) is 5.75 Å². The van der Waals surface area contributed by atoms with Gasteiger partial charge in [0.05, 0.1) is 11.5 Å². The van der Waals surface area contributed by atoms with Crippen molar-refractivity contribution in [2.75, 3.05) is 18.1 Å². The number of carbonyl (C=O) groups is 2. The van der Waals surface area contributed by atoms with E-state index in [9.17, 15) is 18.0 Å². The van der Waals surface area contributed by atoms with E-state index in [1.807, 2.05) is 13.8 Å². The molecular weight excluding hydrogens is 354 g/mol. The second-order valence-electron chi connectivity index (χ2n) is 7.28. The molecule has 2 atom stereocenters. The highest BCUT2D eigenvalue weighted by Crippen LogP contribution is 2.21. The van der Waals surface area contributed by atoms with Crippen molar-refractivity contribution in [3.63, 3.8) is 0 Å². The molecule has 0 aliphatic carbocycles. The average Bonchev–Trinajstić information content (AvgIpc) is 2.92. The number of hydrogen-bond donors (Lipinski definition) is 0. The lowest BCUT2D eigenvalue weighted by atomic mass is 10.1. The van der Waals surface area contributed by atoms with Crippen LogP contribution in [0.15, 0.2) is 24.3 Å². The molecule has 26 heavy (non-hydrogen) atoms. The summed E-state index contributed by atoms with van der Waals surface area (Å²) in [6.07, 6.45) is -0.263. The van der Waals surface area contributed by atoms with Crippen molar-refractivity contribution in [1.29, 1.82) is 0 Å². The molecule has 1 aliphatic heterocycles. The fourth-order valence-corrected chi connectivity index (χ4v) is 4.82. The summed E-state index contributed by atoms with van der Waals surface area (Å²) in [6.45, 7) is 7.64. The van der Waals surface area contributed by atoms with Crippen LogP contribution >= 0.6 is 0 Å². The molecule has 0 bridgehead atoms. The first-order valence-electron chi connectivity index (χ1n) is 8.87. The first kappa shape index (κ1) is 20.4. The van der Waals surface area contributed by atoms with Crippen LogP contribution in [0.4, 0.5) is 0 Å². The Morgan fingerprint density at radius 3 is 2.27 bits per heavy atom. The van der Waals surface area contributed by atoms with E-state index in [0.717, 1.165) is 0 Å². The summed E-state index contributed by atoms with van der Waals surface area (Å²) in [5.74, 6) is 0.624. The number of Topliss-reactive ketones (excluding diaryl/α,β-unsaturated/α-hetero) is 1. The van der Waals surface area contributed by atoms with Crippen molar-refractivity contribution in [2.45, 2.75) is 46.3 Å². The van der Waals surface area contributed by atoms with Gasteiger partial charge in [0, 0.05) is 18.2 Å². The van der Waals surface area contributed by atoms with Gasteiger partial charge in [-0.2, -0.15) is 0 Å². The highest BCUT2D eigenvalue weighted by atomic mass is 32.2. The minimum atomic E-state index is -3.07. The second-order valence-corrected chi connectivity index (χ2v) is 9.51. The number of amides is 1. The third kappa shape index (κ3) is 5.30. The summed E-state index contributed by atoms with van der Waals surface area (Å²) in [7, 11) is -3.07. The molecule has 144 valence electrons. The van der Waals surface area contributed by atoms with Crippen molar-refractivity contribution in [3.05, 3.63) is 29.8 Å². The Hall–Kier alpha value is -1.89. The maximum absolute atomic E-state index is 12.9. The number of ketones is 1. The normalized spacial score (nSPS) is 20.0. The summed E-state index contributed by atoms with van der Waals surface area (Å²) < 4.78 is 29.3. The molecule has 7 heteroatoms. The lowest BCUT2D eigenvalue weighted by Crippen LogP contribution is -2.48. The van der Waals surface area contributed by atoms with Crippen LogP contribution in [0.2, 0.25) is 0 Å². The van der Waals surface area contributed by atoms with Gasteiger partial charge in [0.2, 0.25) is 0 Å². The first-order valence-corrected chi connectivity index (χ1v) is 10.7. The fraction of sp³-hybridized carbons (Fsp3) is 0.579. The molecule has 1 aromatic rings. The molecule has 0 spiro atoms. The number of carbonyl (C=O) groups excluding carboxylic acids is 2. The molecule has 0 N–H and O–H groups in total. The number of hydrogen-bond acceptors (Lipinski definition) is 5. The molecular formula is C19H27NO5S. The molecule has 1 aromatic carbocycles. The largest absolute Gasteiger partial charge is 0.481 e. The zero-order chi connectivity index (χ0) is 19.5. The van der Waals surface area contributed by atoms with E-state index in [-0.39, 0.29) is 35.2 Å². The van der Waals surface area contributed by atoms with Gasteiger partial charge in [0.15, 0.2) is 21.7 Å². The van der Waals surface area contributed by atoms with Crippen LogP contribution in [0.3, 0.4) is 0 Å². The monoisotopic (exact) mass is 381 g/mol. The molecule has 2 rings (SSSR count). The standard InChI is InChI=1S/C19H27NO5S/c1-13(2)11-20(17-9-10-26(23,24)12-17)19(22)15(4)25-18-7-5-16(6-8-18)14(3)21/h5-8,13,15,17H,9-12H2,1-4H3/t15-,17-/m1/s1. The highest BCUT2D eigenvalue weighted by Gasteiger charge is 2.36. The van der Waals surface area contributed by atoms with Crippen molar-refractivity contribution in [1.82, 2.24) is 4.90 Å². The van der Waals surface area contributed by atoms with E-state index in [1.54, 1.807) is 36.1 Å². The van der Waals surface area contributed by atoms with Crippen LogP contribution in [0.25, 0.3) is 0 Å². The Bertz CT molecular complexity index is 755. The number of ether oxygens (including phenoxy) is 1. The van der Waals surface area contributed by atoms with E-state index in [0.29, 0.717) is 24.3 Å². The predicted octanol–water partition coefficient (Wildman–Crippen LogP) is 2.33. The summed E-state index contributed by atoms with van der Waals surface area (Å²) in [6, 6.07) is 6.34. The van der Waals surface area contributed by atoms with Gasteiger partial charge in [-0.1, -0.05) is 13.8 Å². The quantitative estimate of drug-likeness (QED) is 0.677. The van der Waals surface area contributed by atoms with E-state index in [2.05, 4.69) is 0 Å². The van der Waals surface area contributed by atoms with E-state index in [1.165, 1.54) is 6.92 Å². The Balaban J connectivity index is 2.10. The number of rotatable bonds is 7. The molecule has 1 aliphatic rings. The van der Waals surface area contributed by atoms with Gasteiger partial charge in [-0.05, 0) is 50.5 Å². The van der Waals surface area contributed by atoms with Crippen LogP contribution in [0, 0.1) is 5.92 Å². The van der Waals surface area contributed by atoms with Crippen molar-refractivity contribution >= 4 is 21.5 Å². The molecule has 0 unspecified atom stereocenters. The third-order valence-corrected chi connectivity index (χ3v) is 6.17. The fourth-order valence-electron chi connectivity index (χ4n) is 3.09. The van der Waals surface area contributed by atoms with Gasteiger partial charge >= 0.3 is 0 Å². The predicted molar refractivity (Wildman–Crippen MR) is 100 cm³/mol. The molecule has 1 amide bonds. The summed E-state index contributed by atoms with van der Waals surface area (Å²) in [5.41, 5.74) is 0.578. The van der Waals surface area contributed by atoms with Crippen molar-refractivity contribution in [3.8, 4) is 5.75 Å². The Morgan fingerprint density at radius 2 is 1.81 bits per heavy atom. The zero-order valence-electron chi connectivity index (χ0n) is 15.8. The molecule has 1 fully saturated rings. The minimum Gasteiger partial charge on any atom is -0.481 e. The van der Waals surface area contributed by atoms with Gasteiger partial charge in [-0.15, -0.1) is 0 Å². The van der Waals surface area contributed by atoms with Crippen molar-refractivity contribution < 1.29 is 22.7 Å². The summed E-state index contributed by atoms with van der Waals surface area (Å²) in [4.78, 5) is 25.9. The van der Waals surface area contributed by atoms with Gasteiger partial charge < -0.3 is 9.64 Å². The lowest BCUT2D eigenvalue weighted by molar-refractivity contribution is -0.140. The Labute approximate surface area is 155 Å².